The highest BCUT2D eigenvalue weighted by Gasteiger charge is 2.13. The highest BCUT2D eigenvalue weighted by Crippen LogP contribution is 2.20. The van der Waals surface area contributed by atoms with Crippen LogP contribution in [-0.2, 0) is 23.1 Å². The second-order valence-electron chi connectivity index (χ2n) is 4.67. The quantitative estimate of drug-likeness (QED) is 0.852. The van der Waals surface area contributed by atoms with E-state index in [1.807, 2.05) is 17.7 Å². The first-order chi connectivity index (χ1) is 9.97. The molecule has 2 N–H and O–H groups in total. The van der Waals surface area contributed by atoms with Crippen LogP contribution in [-0.4, -0.2) is 25.0 Å². The van der Waals surface area contributed by atoms with Crippen molar-refractivity contribution in [2.45, 2.75) is 31.8 Å². The van der Waals surface area contributed by atoms with Crippen molar-refractivity contribution in [3.63, 3.8) is 0 Å². The topological polar surface area (TPSA) is 76.0 Å². The molecule has 2 rings (SSSR count). The Balaban J connectivity index is 2.22. The molecule has 0 radical (unpaired) electrons. The van der Waals surface area contributed by atoms with Crippen molar-refractivity contribution in [1.82, 2.24) is 14.3 Å². The second-order valence-corrected chi connectivity index (χ2v) is 6.55. The van der Waals surface area contributed by atoms with E-state index in [9.17, 15) is 8.42 Å². The minimum Gasteiger partial charge on any atom is -0.378 e. The summed E-state index contributed by atoms with van der Waals surface area (Å²) >= 11 is 0. The van der Waals surface area contributed by atoms with Gasteiger partial charge in [-0.2, -0.15) is 0 Å². The Bertz CT molecular complexity index is 722. The number of aromatic nitrogens is 2. The van der Waals surface area contributed by atoms with Gasteiger partial charge in [0.15, 0.2) is 0 Å². The smallest absolute Gasteiger partial charge is 0.240 e. The Morgan fingerprint density at radius 3 is 2.76 bits per heavy atom. The number of nitrogens with zero attached hydrogens (tertiary/aromatic N) is 2. The molecule has 114 valence electrons. The summed E-state index contributed by atoms with van der Waals surface area (Å²) in [6.45, 7) is 5.38. The zero-order valence-electron chi connectivity index (χ0n) is 12.4. The number of hydrogen-bond acceptors (Lipinski definition) is 4. The molecule has 0 fully saturated rings. The normalized spacial score (nSPS) is 11.6. The molecule has 1 heterocycles. The molecule has 0 aliphatic carbocycles. The van der Waals surface area contributed by atoms with Crippen LogP contribution in [0.1, 0.15) is 18.3 Å². The summed E-state index contributed by atoms with van der Waals surface area (Å²) in [5.41, 5.74) is 1.77. The van der Waals surface area contributed by atoms with Gasteiger partial charge in [-0.25, -0.2) is 18.1 Å². The van der Waals surface area contributed by atoms with Crippen molar-refractivity contribution >= 4 is 15.7 Å². The first-order valence-electron chi connectivity index (χ1n) is 6.76. The SMILES string of the molecule is CCn1ccnc1CNc1cc(S(=O)(=O)NC)ccc1C. The molecule has 0 aliphatic rings. The average molecular weight is 308 g/mol. The minimum absolute atomic E-state index is 0.247. The van der Waals surface area contributed by atoms with Crippen LogP contribution >= 0.6 is 0 Å². The fourth-order valence-corrected chi connectivity index (χ4v) is 2.80. The molecule has 0 amide bonds. The summed E-state index contributed by atoms with van der Waals surface area (Å²) in [6, 6.07) is 5.03. The largest absolute Gasteiger partial charge is 0.378 e. The fraction of sp³-hybridized carbons (Fsp3) is 0.357. The molecule has 6 nitrogen and oxygen atoms in total. The number of benzene rings is 1. The zero-order valence-corrected chi connectivity index (χ0v) is 13.2. The monoisotopic (exact) mass is 308 g/mol. The van der Waals surface area contributed by atoms with Crippen molar-refractivity contribution < 1.29 is 8.42 Å². The maximum Gasteiger partial charge on any atom is 0.240 e. The lowest BCUT2D eigenvalue weighted by molar-refractivity contribution is 0.588. The summed E-state index contributed by atoms with van der Waals surface area (Å²) < 4.78 is 28.0. The fourth-order valence-electron chi connectivity index (χ4n) is 2.05. The maximum absolute atomic E-state index is 11.8. The Morgan fingerprint density at radius 2 is 2.10 bits per heavy atom. The number of imidazole rings is 1. The Morgan fingerprint density at radius 1 is 1.33 bits per heavy atom. The Labute approximate surface area is 125 Å². The predicted octanol–water partition coefficient (Wildman–Crippen LogP) is 1.73. The highest BCUT2D eigenvalue weighted by atomic mass is 32.2. The number of anilines is 1. The van der Waals surface area contributed by atoms with Crippen molar-refractivity contribution in [2.75, 3.05) is 12.4 Å². The van der Waals surface area contributed by atoms with Gasteiger partial charge < -0.3 is 9.88 Å². The van der Waals surface area contributed by atoms with E-state index in [1.165, 1.54) is 7.05 Å². The minimum atomic E-state index is -3.43. The van der Waals surface area contributed by atoms with Crippen LogP contribution < -0.4 is 10.0 Å². The van der Waals surface area contributed by atoms with E-state index in [0.717, 1.165) is 23.6 Å². The summed E-state index contributed by atoms with van der Waals surface area (Å²) in [5.74, 6) is 0.916. The Hall–Kier alpha value is -1.86. The summed E-state index contributed by atoms with van der Waals surface area (Å²) in [6.07, 6.45) is 3.68. The molecule has 0 bridgehead atoms. The third-order valence-corrected chi connectivity index (χ3v) is 4.78. The lowest BCUT2D eigenvalue weighted by Crippen LogP contribution is -2.19. The van der Waals surface area contributed by atoms with Gasteiger partial charge in [0.05, 0.1) is 11.4 Å². The molecule has 0 aliphatic heterocycles. The number of hydrogen-bond donors (Lipinski definition) is 2. The second kappa shape index (κ2) is 6.28. The third-order valence-electron chi connectivity index (χ3n) is 3.37. The van der Waals surface area contributed by atoms with Crippen molar-refractivity contribution in [2.24, 2.45) is 0 Å². The van der Waals surface area contributed by atoms with Crippen molar-refractivity contribution in [3.8, 4) is 0 Å². The van der Waals surface area contributed by atoms with Gasteiger partial charge >= 0.3 is 0 Å². The van der Waals surface area contributed by atoms with Gasteiger partial charge in [-0.1, -0.05) is 6.07 Å². The molecule has 2 aromatic rings. The van der Waals surface area contributed by atoms with Crippen LogP contribution in [0.4, 0.5) is 5.69 Å². The number of nitrogens with one attached hydrogen (secondary N) is 2. The predicted molar refractivity (Wildman–Crippen MR) is 82.7 cm³/mol. The molecule has 1 aromatic heterocycles. The van der Waals surface area contributed by atoms with Crippen LogP contribution in [0.2, 0.25) is 0 Å². The van der Waals surface area contributed by atoms with Crippen LogP contribution in [0.3, 0.4) is 0 Å². The van der Waals surface area contributed by atoms with Crippen LogP contribution in [0.5, 0.6) is 0 Å². The van der Waals surface area contributed by atoms with E-state index < -0.39 is 10.0 Å². The van der Waals surface area contributed by atoms with Crippen molar-refractivity contribution in [3.05, 3.63) is 42.0 Å². The van der Waals surface area contributed by atoms with E-state index in [2.05, 4.69) is 21.9 Å². The van der Waals surface area contributed by atoms with Crippen molar-refractivity contribution in [1.29, 1.82) is 0 Å². The van der Waals surface area contributed by atoms with Gasteiger partial charge in [-0.05, 0) is 38.6 Å². The van der Waals surface area contributed by atoms with E-state index in [4.69, 9.17) is 0 Å². The first kappa shape index (κ1) is 15.5. The van der Waals surface area contributed by atoms with Gasteiger partial charge in [-0.15, -0.1) is 0 Å². The molecule has 7 heteroatoms. The maximum atomic E-state index is 11.8. The number of sulfonamides is 1. The average Bonchev–Trinajstić information content (AvgIpc) is 2.93. The van der Waals surface area contributed by atoms with Gasteiger partial charge in [0.25, 0.3) is 0 Å². The van der Waals surface area contributed by atoms with Crippen LogP contribution in [0.15, 0.2) is 35.5 Å². The third kappa shape index (κ3) is 3.43. The molecule has 21 heavy (non-hydrogen) atoms. The molecule has 0 unspecified atom stereocenters. The van der Waals surface area contributed by atoms with Gasteiger partial charge in [0.2, 0.25) is 10.0 Å². The molecule has 0 spiro atoms. The van der Waals surface area contributed by atoms with Gasteiger partial charge in [-0.3, -0.25) is 0 Å². The van der Waals surface area contributed by atoms with E-state index in [1.54, 1.807) is 24.4 Å². The van der Waals surface area contributed by atoms with E-state index in [-0.39, 0.29) is 4.90 Å². The molecular weight excluding hydrogens is 288 g/mol. The Kier molecular flexibility index (Phi) is 4.64. The first-order valence-corrected chi connectivity index (χ1v) is 8.24. The molecule has 0 saturated heterocycles. The summed E-state index contributed by atoms with van der Waals surface area (Å²) in [7, 11) is -2.03. The summed E-state index contributed by atoms with van der Waals surface area (Å²) in [4.78, 5) is 4.54. The van der Waals surface area contributed by atoms with E-state index in [0.29, 0.717) is 6.54 Å². The standard InChI is InChI=1S/C14H20N4O2S/c1-4-18-8-7-16-14(18)10-17-13-9-12(6-5-11(13)2)21(19,20)15-3/h5-9,15,17H,4,10H2,1-3H3. The molecule has 1 aromatic carbocycles. The van der Waals surface area contributed by atoms with Crippen LogP contribution in [0.25, 0.3) is 0 Å². The van der Waals surface area contributed by atoms with Gasteiger partial charge in [0.1, 0.15) is 5.82 Å². The lowest BCUT2D eigenvalue weighted by Gasteiger charge is -2.12. The highest BCUT2D eigenvalue weighted by molar-refractivity contribution is 7.89. The number of aryl methyl sites for hydroxylation is 2. The lowest BCUT2D eigenvalue weighted by atomic mass is 10.2. The molecule has 0 atom stereocenters. The molecule has 0 saturated carbocycles. The summed E-state index contributed by atoms with van der Waals surface area (Å²) in [5, 5.41) is 3.25. The van der Waals surface area contributed by atoms with Gasteiger partial charge in [0, 0.05) is 24.6 Å². The van der Waals surface area contributed by atoms with Crippen LogP contribution in [0, 0.1) is 6.92 Å². The van der Waals surface area contributed by atoms with E-state index >= 15 is 0 Å². The zero-order chi connectivity index (χ0) is 15.5. The number of rotatable bonds is 6. The molecular formula is C14H20N4O2S.